The summed E-state index contributed by atoms with van der Waals surface area (Å²) >= 11 is 0. The van der Waals surface area contributed by atoms with Crippen molar-refractivity contribution in [3.63, 3.8) is 0 Å². The Bertz CT molecular complexity index is 532. The van der Waals surface area contributed by atoms with Gasteiger partial charge in [-0.15, -0.1) is 0 Å². The molecule has 0 unspecified atom stereocenters. The molecule has 0 spiro atoms. The van der Waals surface area contributed by atoms with Gasteiger partial charge in [-0.25, -0.2) is 8.78 Å². The fraction of sp³-hybridized carbons (Fsp3) is 0.357. The monoisotopic (exact) mass is 266 g/mol. The van der Waals surface area contributed by atoms with E-state index < -0.39 is 6.43 Å². The van der Waals surface area contributed by atoms with Crippen LogP contribution in [0.3, 0.4) is 0 Å². The molecule has 0 aliphatic heterocycles. The van der Waals surface area contributed by atoms with Crippen molar-refractivity contribution >= 4 is 0 Å². The normalized spacial score (nSPS) is 11.2. The Hall–Kier alpha value is -1.75. The molecular weight excluding hydrogens is 250 g/mol. The van der Waals surface area contributed by atoms with Crippen LogP contribution in [0.25, 0.3) is 0 Å². The first-order valence-electron chi connectivity index (χ1n) is 6.07. The van der Waals surface area contributed by atoms with Gasteiger partial charge in [0, 0.05) is 19.2 Å². The quantitative estimate of drug-likeness (QED) is 0.899. The molecule has 0 saturated carbocycles. The highest BCUT2D eigenvalue weighted by Crippen LogP contribution is 2.19. The molecular formula is C14H16F2N2O. The van der Waals surface area contributed by atoms with Crippen LogP contribution in [-0.2, 0) is 13.1 Å². The van der Waals surface area contributed by atoms with Crippen LogP contribution >= 0.6 is 0 Å². The second-order valence-electron chi connectivity index (χ2n) is 4.50. The lowest BCUT2D eigenvalue weighted by atomic mass is 10.0. The molecule has 3 nitrogen and oxygen atoms in total. The average Bonchev–Trinajstić information content (AvgIpc) is 2.82. The minimum Gasteiger partial charge on any atom is -0.355 e. The first-order valence-corrected chi connectivity index (χ1v) is 6.07. The Labute approximate surface area is 110 Å². The van der Waals surface area contributed by atoms with Gasteiger partial charge in [0.15, 0.2) is 0 Å². The summed E-state index contributed by atoms with van der Waals surface area (Å²) in [7, 11) is 0. The maximum Gasteiger partial charge on any atom is 0.298 e. The number of rotatable bonds is 5. The van der Waals surface area contributed by atoms with Gasteiger partial charge < -0.3 is 9.84 Å². The molecule has 5 heteroatoms. The van der Waals surface area contributed by atoms with Crippen molar-refractivity contribution in [1.29, 1.82) is 0 Å². The van der Waals surface area contributed by atoms with Gasteiger partial charge in [0.2, 0.25) is 5.76 Å². The van der Waals surface area contributed by atoms with Crippen LogP contribution in [0.4, 0.5) is 8.78 Å². The minimum atomic E-state index is -2.61. The lowest BCUT2D eigenvalue weighted by Gasteiger charge is -2.09. The molecule has 1 N–H and O–H groups in total. The molecule has 0 amide bonds. The van der Waals surface area contributed by atoms with Gasteiger partial charge >= 0.3 is 0 Å². The number of benzene rings is 1. The van der Waals surface area contributed by atoms with Gasteiger partial charge in [0.05, 0.1) is 5.69 Å². The third-order valence-corrected chi connectivity index (χ3v) is 3.04. The zero-order chi connectivity index (χ0) is 13.8. The van der Waals surface area contributed by atoms with Crippen molar-refractivity contribution in [2.45, 2.75) is 33.4 Å². The second-order valence-corrected chi connectivity index (χ2v) is 4.50. The fourth-order valence-electron chi connectivity index (χ4n) is 1.96. The third kappa shape index (κ3) is 3.38. The molecule has 0 radical (unpaired) electrons. The highest BCUT2D eigenvalue weighted by atomic mass is 19.3. The fourth-order valence-corrected chi connectivity index (χ4v) is 1.96. The summed E-state index contributed by atoms with van der Waals surface area (Å²) in [6.45, 7) is 5.18. The molecule has 2 rings (SSSR count). The van der Waals surface area contributed by atoms with Gasteiger partial charge in [0.1, 0.15) is 0 Å². The summed E-state index contributed by atoms with van der Waals surface area (Å²) in [6.07, 6.45) is -2.61. The zero-order valence-corrected chi connectivity index (χ0v) is 10.9. The minimum absolute atomic E-state index is 0.385. The maximum absolute atomic E-state index is 12.3. The Morgan fingerprint density at radius 1 is 1.21 bits per heavy atom. The molecule has 1 heterocycles. The summed E-state index contributed by atoms with van der Waals surface area (Å²) in [5, 5.41) is 6.78. The summed E-state index contributed by atoms with van der Waals surface area (Å²) in [5.74, 6) is -0.385. The van der Waals surface area contributed by atoms with Crippen molar-refractivity contribution < 1.29 is 13.3 Å². The van der Waals surface area contributed by atoms with Gasteiger partial charge in [-0.05, 0) is 30.5 Å². The number of alkyl halides is 2. The first kappa shape index (κ1) is 13.7. The van der Waals surface area contributed by atoms with Crippen molar-refractivity contribution in [3.8, 4) is 0 Å². The number of halogens is 2. The van der Waals surface area contributed by atoms with E-state index in [4.69, 9.17) is 0 Å². The van der Waals surface area contributed by atoms with E-state index in [1.54, 1.807) is 0 Å². The third-order valence-electron chi connectivity index (χ3n) is 3.04. The number of nitrogens with zero attached hydrogens (tertiary/aromatic N) is 1. The highest BCUT2D eigenvalue weighted by Gasteiger charge is 2.13. The van der Waals surface area contributed by atoms with Crippen LogP contribution in [0.1, 0.15) is 34.6 Å². The van der Waals surface area contributed by atoms with Crippen LogP contribution in [0.15, 0.2) is 28.8 Å². The van der Waals surface area contributed by atoms with Crippen LogP contribution in [0.2, 0.25) is 0 Å². The van der Waals surface area contributed by atoms with Gasteiger partial charge in [-0.3, -0.25) is 0 Å². The number of hydrogen-bond acceptors (Lipinski definition) is 3. The zero-order valence-electron chi connectivity index (χ0n) is 10.9. The molecule has 2 aromatic rings. The number of hydrogen-bond donors (Lipinski definition) is 1. The van der Waals surface area contributed by atoms with E-state index in [0.29, 0.717) is 18.8 Å². The molecule has 0 bridgehead atoms. The second kappa shape index (κ2) is 5.93. The largest absolute Gasteiger partial charge is 0.355 e. The number of aryl methyl sites for hydroxylation is 2. The molecule has 0 fully saturated rings. The van der Waals surface area contributed by atoms with Crippen molar-refractivity contribution in [2.75, 3.05) is 0 Å². The summed E-state index contributed by atoms with van der Waals surface area (Å²) in [6, 6.07) is 7.40. The molecule has 19 heavy (non-hydrogen) atoms. The van der Waals surface area contributed by atoms with Gasteiger partial charge in [0.25, 0.3) is 6.43 Å². The average molecular weight is 266 g/mol. The van der Waals surface area contributed by atoms with E-state index in [-0.39, 0.29) is 5.76 Å². The van der Waals surface area contributed by atoms with Crippen LogP contribution in [-0.4, -0.2) is 5.16 Å². The predicted octanol–water partition coefficient (Wildman–Crippen LogP) is 3.52. The molecule has 0 atom stereocenters. The van der Waals surface area contributed by atoms with Crippen molar-refractivity contribution in [3.05, 3.63) is 52.4 Å². The first-order chi connectivity index (χ1) is 9.08. The van der Waals surface area contributed by atoms with E-state index in [0.717, 1.165) is 0 Å². The van der Waals surface area contributed by atoms with Crippen LogP contribution in [0, 0.1) is 13.8 Å². The van der Waals surface area contributed by atoms with Crippen LogP contribution in [0.5, 0.6) is 0 Å². The Balaban J connectivity index is 1.92. The van der Waals surface area contributed by atoms with Crippen LogP contribution < -0.4 is 5.32 Å². The Kier molecular flexibility index (Phi) is 4.27. The predicted molar refractivity (Wildman–Crippen MR) is 67.9 cm³/mol. The molecule has 0 aliphatic rings. The smallest absolute Gasteiger partial charge is 0.298 e. The Morgan fingerprint density at radius 3 is 2.47 bits per heavy atom. The molecule has 0 aliphatic carbocycles. The molecule has 1 aromatic carbocycles. The van der Waals surface area contributed by atoms with Crippen molar-refractivity contribution in [2.24, 2.45) is 0 Å². The van der Waals surface area contributed by atoms with E-state index >= 15 is 0 Å². The standard InChI is InChI=1S/C14H16F2N2O/c1-9-4-3-5-10(2)12(9)8-17-7-11-6-13(14(15)16)19-18-11/h3-6,14,17H,7-8H2,1-2H3. The number of nitrogens with one attached hydrogen (secondary N) is 1. The molecule has 102 valence electrons. The molecule has 0 saturated heterocycles. The number of aromatic nitrogens is 1. The summed E-state index contributed by atoms with van der Waals surface area (Å²) < 4.78 is 29.2. The van der Waals surface area contributed by atoms with E-state index in [1.165, 1.54) is 22.8 Å². The van der Waals surface area contributed by atoms with Crippen molar-refractivity contribution in [1.82, 2.24) is 10.5 Å². The lowest BCUT2D eigenvalue weighted by Crippen LogP contribution is -2.14. The topological polar surface area (TPSA) is 38.1 Å². The SMILES string of the molecule is Cc1cccc(C)c1CNCc1cc(C(F)F)on1. The van der Waals surface area contributed by atoms with Gasteiger partial charge in [-0.1, -0.05) is 23.4 Å². The summed E-state index contributed by atoms with van der Waals surface area (Å²) in [4.78, 5) is 0. The van der Waals surface area contributed by atoms with E-state index in [2.05, 4.69) is 41.0 Å². The Morgan fingerprint density at radius 2 is 1.89 bits per heavy atom. The van der Waals surface area contributed by atoms with E-state index in [9.17, 15) is 8.78 Å². The van der Waals surface area contributed by atoms with E-state index in [1.807, 2.05) is 6.07 Å². The highest BCUT2D eigenvalue weighted by molar-refractivity contribution is 5.33. The van der Waals surface area contributed by atoms with Gasteiger partial charge in [-0.2, -0.15) is 0 Å². The lowest BCUT2D eigenvalue weighted by molar-refractivity contribution is 0.112. The maximum atomic E-state index is 12.3. The molecule has 1 aromatic heterocycles. The summed E-state index contributed by atoms with van der Waals surface area (Å²) in [5.41, 5.74) is 4.13.